The molecule has 0 heterocycles. The Morgan fingerprint density at radius 3 is 2.35 bits per heavy atom. The molecule has 0 spiro atoms. The maximum atomic E-state index is 11.8. The molecule has 2 aliphatic rings. The van der Waals surface area contributed by atoms with Crippen LogP contribution in [0.4, 0.5) is 4.79 Å². The Bertz CT molecular complexity index is 415. The fraction of sp³-hybridized carbons (Fsp3) is 0.944. The van der Waals surface area contributed by atoms with Gasteiger partial charge in [-0.1, -0.05) is 13.8 Å². The second-order valence-electron chi connectivity index (χ2n) is 8.27. The normalized spacial score (nSPS) is 36.8. The molecule has 3 unspecified atom stereocenters. The zero-order valence-corrected chi connectivity index (χ0v) is 15.6. The van der Waals surface area contributed by atoms with Gasteiger partial charge in [0.05, 0.1) is 6.10 Å². The van der Waals surface area contributed by atoms with Gasteiger partial charge < -0.3 is 20.1 Å². The van der Waals surface area contributed by atoms with Crippen LogP contribution in [0.1, 0.15) is 67.2 Å². The van der Waals surface area contributed by atoms with E-state index in [-0.39, 0.29) is 17.6 Å². The molecule has 2 aliphatic carbocycles. The second kappa shape index (κ2) is 6.98. The van der Waals surface area contributed by atoms with Crippen molar-refractivity contribution < 1.29 is 14.3 Å². The molecule has 2 rings (SSSR count). The molecule has 5 heteroatoms. The minimum Gasteiger partial charge on any atom is -0.444 e. The van der Waals surface area contributed by atoms with Gasteiger partial charge in [0, 0.05) is 30.1 Å². The van der Waals surface area contributed by atoms with E-state index in [0.29, 0.717) is 18.2 Å². The summed E-state index contributed by atoms with van der Waals surface area (Å²) < 4.78 is 11.2. The summed E-state index contributed by atoms with van der Waals surface area (Å²) in [5.74, 6) is 0. The number of carbonyl (C=O) groups excluding carboxylic acids is 1. The highest BCUT2D eigenvalue weighted by Crippen LogP contribution is 2.46. The van der Waals surface area contributed by atoms with E-state index in [0.717, 1.165) is 32.3 Å². The van der Waals surface area contributed by atoms with E-state index in [1.807, 2.05) is 20.8 Å². The molecule has 0 aromatic rings. The Labute approximate surface area is 140 Å². The predicted octanol–water partition coefficient (Wildman–Crippen LogP) is 3.23. The molecule has 2 saturated carbocycles. The highest BCUT2D eigenvalue weighted by Gasteiger charge is 2.52. The van der Waals surface area contributed by atoms with Crippen LogP contribution in [0, 0.1) is 5.41 Å². The van der Waals surface area contributed by atoms with E-state index in [4.69, 9.17) is 9.47 Å². The maximum Gasteiger partial charge on any atom is 0.407 e. The number of alkyl carbamates (subject to hydrolysis) is 1. The quantitative estimate of drug-likeness (QED) is 0.787. The number of ether oxygens (including phenoxy) is 2. The molecule has 2 fully saturated rings. The Kier molecular flexibility index (Phi) is 5.62. The van der Waals surface area contributed by atoms with Crippen molar-refractivity contribution >= 4 is 6.09 Å². The lowest BCUT2D eigenvalue weighted by Gasteiger charge is -2.56. The number of rotatable bonds is 6. The van der Waals surface area contributed by atoms with E-state index in [9.17, 15) is 4.79 Å². The molecule has 0 aliphatic heterocycles. The van der Waals surface area contributed by atoms with Crippen molar-refractivity contribution in [2.75, 3.05) is 6.61 Å². The molecule has 3 atom stereocenters. The monoisotopic (exact) mass is 326 g/mol. The Morgan fingerprint density at radius 2 is 1.83 bits per heavy atom. The summed E-state index contributed by atoms with van der Waals surface area (Å²) in [4.78, 5) is 11.8. The Morgan fingerprint density at radius 1 is 1.17 bits per heavy atom. The molecule has 1 amide bonds. The van der Waals surface area contributed by atoms with Crippen LogP contribution in [0.5, 0.6) is 0 Å². The van der Waals surface area contributed by atoms with E-state index >= 15 is 0 Å². The molecule has 23 heavy (non-hydrogen) atoms. The molecular weight excluding hydrogens is 292 g/mol. The number of hydrogen-bond donors (Lipinski definition) is 2. The van der Waals surface area contributed by atoms with Gasteiger partial charge in [-0.25, -0.2) is 4.79 Å². The minimum atomic E-state index is -0.436. The summed E-state index contributed by atoms with van der Waals surface area (Å²) in [7, 11) is 0. The van der Waals surface area contributed by atoms with Crippen LogP contribution in [-0.2, 0) is 9.47 Å². The van der Waals surface area contributed by atoms with Gasteiger partial charge in [-0.15, -0.1) is 0 Å². The van der Waals surface area contributed by atoms with E-state index < -0.39 is 5.60 Å². The van der Waals surface area contributed by atoms with Gasteiger partial charge in [-0.3, -0.25) is 0 Å². The van der Waals surface area contributed by atoms with Crippen molar-refractivity contribution in [1.82, 2.24) is 10.6 Å². The average molecular weight is 326 g/mol. The highest BCUT2D eigenvalue weighted by molar-refractivity contribution is 5.68. The third-order valence-corrected chi connectivity index (χ3v) is 5.41. The van der Waals surface area contributed by atoms with Crippen LogP contribution >= 0.6 is 0 Å². The molecule has 5 nitrogen and oxygen atoms in total. The second-order valence-corrected chi connectivity index (χ2v) is 8.27. The summed E-state index contributed by atoms with van der Waals surface area (Å²) in [5.41, 5.74) is -0.200. The lowest BCUT2D eigenvalue weighted by atomic mass is 9.61. The zero-order valence-electron chi connectivity index (χ0n) is 15.6. The smallest absolute Gasteiger partial charge is 0.407 e. The topological polar surface area (TPSA) is 59.6 Å². The van der Waals surface area contributed by atoms with Gasteiger partial charge >= 0.3 is 6.09 Å². The van der Waals surface area contributed by atoms with Crippen LogP contribution in [0.3, 0.4) is 0 Å². The van der Waals surface area contributed by atoms with Crippen LogP contribution < -0.4 is 10.6 Å². The number of hydrogen-bond acceptors (Lipinski definition) is 4. The number of amides is 1. The van der Waals surface area contributed by atoms with E-state index in [1.54, 1.807) is 0 Å². The summed E-state index contributed by atoms with van der Waals surface area (Å²) in [6.07, 6.45) is 4.26. The minimum absolute atomic E-state index is 0.234. The Hall–Kier alpha value is -0.810. The lowest BCUT2D eigenvalue weighted by molar-refractivity contribution is -0.130. The molecule has 134 valence electrons. The molecular formula is C18H34N2O3. The first-order valence-corrected chi connectivity index (χ1v) is 9.05. The molecule has 0 saturated heterocycles. The standard InChI is InChI=1S/C18H34N2O3/c1-7-18(6)14(11-15(18)22-8-2)19-12-9-13(10-12)20-16(21)23-17(3,4)5/h12-15,19H,7-11H2,1-6H3,(H,20,21). The number of nitrogens with one attached hydrogen (secondary N) is 2. The van der Waals surface area contributed by atoms with E-state index in [1.165, 1.54) is 0 Å². The van der Waals surface area contributed by atoms with E-state index in [2.05, 4.69) is 31.4 Å². The van der Waals surface area contributed by atoms with Crippen molar-refractivity contribution in [3.8, 4) is 0 Å². The summed E-state index contributed by atoms with van der Waals surface area (Å²) >= 11 is 0. The lowest BCUT2D eigenvalue weighted by Crippen LogP contribution is -2.66. The summed E-state index contributed by atoms with van der Waals surface area (Å²) in [5, 5.41) is 6.71. The molecule has 0 aromatic carbocycles. The van der Waals surface area contributed by atoms with Crippen LogP contribution in [0.15, 0.2) is 0 Å². The van der Waals surface area contributed by atoms with Crippen LogP contribution in [0.25, 0.3) is 0 Å². The first-order chi connectivity index (χ1) is 10.7. The summed E-state index contributed by atoms with van der Waals surface area (Å²) in [6, 6.07) is 1.25. The maximum absolute atomic E-state index is 11.8. The van der Waals surface area contributed by atoms with Gasteiger partial charge in [-0.2, -0.15) is 0 Å². The van der Waals surface area contributed by atoms with Gasteiger partial charge in [0.15, 0.2) is 0 Å². The first kappa shape index (κ1) is 18.5. The van der Waals surface area contributed by atoms with Gasteiger partial charge in [0.25, 0.3) is 0 Å². The van der Waals surface area contributed by atoms with Gasteiger partial charge in [0.1, 0.15) is 5.60 Å². The van der Waals surface area contributed by atoms with Crippen molar-refractivity contribution in [2.45, 2.75) is 97.1 Å². The fourth-order valence-corrected chi connectivity index (χ4v) is 3.64. The summed E-state index contributed by atoms with van der Waals surface area (Å²) in [6.45, 7) is 13.1. The van der Waals surface area contributed by atoms with Crippen molar-refractivity contribution in [1.29, 1.82) is 0 Å². The zero-order chi connectivity index (χ0) is 17.3. The first-order valence-electron chi connectivity index (χ1n) is 9.05. The SMILES string of the molecule is CCOC1CC(NC2CC(NC(=O)OC(C)(C)C)C2)C1(C)CC. The van der Waals surface area contributed by atoms with Gasteiger partial charge in [-0.05, 0) is 53.4 Å². The van der Waals surface area contributed by atoms with Crippen molar-refractivity contribution in [3.05, 3.63) is 0 Å². The third-order valence-electron chi connectivity index (χ3n) is 5.41. The van der Waals surface area contributed by atoms with Crippen LogP contribution in [0.2, 0.25) is 0 Å². The average Bonchev–Trinajstić information content (AvgIpc) is 2.40. The highest BCUT2D eigenvalue weighted by atomic mass is 16.6. The Balaban J connectivity index is 1.69. The van der Waals surface area contributed by atoms with Crippen molar-refractivity contribution in [3.63, 3.8) is 0 Å². The number of carbonyl (C=O) groups is 1. The molecule has 0 radical (unpaired) electrons. The molecule has 0 aromatic heterocycles. The van der Waals surface area contributed by atoms with Crippen LogP contribution in [-0.4, -0.2) is 42.5 Å². The molecule has 2 N–H and O–H groups in total. The molecule has 0 bridgehead atoms. The fourth-order valence-electron chi connectivity index (χ4n) is 3.64. The third kappa shape index (κ3) is 4.38. The van der Waals surface area contributed by atoms with Crippen molar-refractivity contribution in [2.24, 2.45) is 5.41 Å². The van der Waals surface area contributed by atoms with Gasteiger partial charge in [0.2, 0.25) is 0 Å². The largest absolute Gasteiger partial charge is 0.444 e. The predicted molar refractivity (Wildman–Crippen MR) is 91.5 cm³/mol.